The summed E-state index contributed by atoms with van der Waals surface area (Å²) in [7, 11) is 0. The molecule has 14 heteroatoms. The van der Waals surface area contributed by atoms with Crippen molar-refractivity contribution >= 4 is 35.4 Å². The third-order valence-corrected chi connectivity index (χ3v) is 8.60. The second-order valence-corrected chi connectivity index (χ2v) is 12.2. The standard InChI is InChI=1S/C34H45N7O7/c1-3-24-30(44)40-28(21(2)42)33(47)39-26(19-22-11-5-4-6-12-22)34(48)41-18-10-15-27(41)32(46)36-17-8-7-14-25(31(45)37-24)38-29(43)23-13-9-16-35-20-23/h4-6,9,11-13,16,20-21,24-28,42H,3,7-8,10,14-15,17-19H2,1-2H3,(H,36,46)(H,37,45)(H,38,43)(H,39,47)(H,40,44)/t21-,24+,25+,26-,27+,28+/m1/s1. The van der Waals surface area contributed by atoms with Crippen LogP contribution in [0.15, 0.2) is 54.9 Å². The van der Waals surface area contributed by atoms with Gasteiger partial charge in [-0.25, -0.2) is 0 Å². The fraction of sp³-hybridized carbons (Fsp3) is 0.500. The Morgan fingerprint density at radius 2 is 1.67 bits per heavy atom. The van der Waals surface area contributed by atoms with Gasteiger partial charge in [0.1, 0.15) is 30.2 Å². The molecule has 2 saturated heterocycles. The van der Waals surface area contributed by atoms with Crippen LogP contribution in [0.3, 0.4) is 0 Å². The molecule has 2 aromatic rings. The Kier molecular flexibility index (Phi) is 13.0. The number of nitrogens with one attached hydrogen (secondary N) is 5. The minimum Gasteiger partial charge on any atom is -0.391 e. The average Bonchev–Trinajstić information content (AvgIpc) is 3.58. The van der Waals surface area contributed by atoms with Crippen LogP contribution in [-0.2, 0) is 30.4 Å². The van der Waals surface area contributed by atoms with E-state index in [2.05, 4.69) is 31.6 Å². The maximum atomic E-state index is 14.0. The molecule has 0 radical (unpaired) electrons. The van der Waals surface area contributed by atoms with Crippen LogP contribution in [0.1, 0.15) is 68.3 Å². The molecule has 6 amide bonds. The number of hydrogen-bond acceptors (Lipinski definition) is 8. The molecule has 1 aromatic heterocycles. The van der Waals surface area contributed by atoms with Crippen LogP contribution < -0.4 is 26.6 Å². The molecule has 0 saturated carbocycles. The highest BCUT2D eigenvalue weighted by Gasteiger charge is 2.39. The number of hydrogen-bond donors (Lipinski definition) is 6. The Morgan fingerprint density at radius 3 is 2.35 bits per heavy atom. The van der Waals surface area contributed by atoms with Crippen LogP contribution >= 0.6 is 0 Å². The van der Waals surface area contributed by atoms with Gasteiger partial charge in [-0.2, -0.15) is 0 Å². The number of carbonyl (C=O) groups excluding carboxylic acids is 6. The van der Waals surface area contributed by atoms with Crippen molar-refractivity contribution in [2.45, 2.75) is 95.1 Å². The lowest BCUT2D eigenvalue weighted by Gasteiger charge is -2.30. The van der Waals surface area contributed by atoms with Crippen molar-refractivity contribution in [2.75, 3.05) is 13.1 Å². The molecule has 6 N–H and O–H groups in total. The zero-order chi connectivity index (χ0) is 34.6. The van der Waals surface area contributed by atoms with Gasteiger partial charge in [0.25, 0.3) is 5.91 Å². The molecule has 0 bridgehead atoms. The van der Waals surface area contributed by atoms with E-state index >= 15 is 0 Å². The zero-order valence-corrected chi connectivity index (χ0v) is 27.3. The first-order valence-corrected chi connectivity index (χ1v) is 16.5. The van der Waals surface area contributed by atoms with Crippen molar-refractivity contribution in [3.8, 4) is 0 Å². The van der Waals surface area contributed by atoms with Gasteiger partial charge in [-0.05, 0) is 63.1 Å². The number of nitrogens with zero attached hydrogens (tertiary/aromatic N) is 2. The van der Waals surface area contributed by atoms with Gasteiger partial charge < -0.3 is 36.6 Å². The summed E-state index contributed by atoms with van der Waals surface area (Å²) in [5.41, 5.74) is 1.02. The largest absolute Gasteiger partial charge is 0.391 e. The highest BCUT2D eigenvalue weighted by molar-refractivity contribution is 5.99. The van der Waals surface area contributed by atoms with Crippen molar-refractivity contribution in [1.29, 1.82) is 0 Å². The molecule has 3 heterocycles. The SMILES string of the molecule is CC[C@@H]1NC(=O)[C@@H](NC(=O)c2cccnc2)CCCCNC(=O)[C@@H]2CCCN2C(=O)[C@@H](Cc2ccccc2)NC(=O)[C@H]([C@@H](C)O)NC1=O. The van der Waals surface area contributed by atoms with Crippen molar-refractivity contribution < 1.29 is 33.9 Å². The molecule has 0 unspecified atom stereocenters. The normalized spacial score (nSPS) is 25.6. The number of benzene rings is 1. The summed E-state index contributed by atoms with van der Waals surface area (Å²) in [4.78, 5) is 86.1. The van der Waals surface area contributed by atoms with Gasteiger partial charge in [-0.1, -0.05) is 37.3 Å². The summed E-state index contributed by atoms with van der Waals surface area (Å²) >= 11 is 0. The van der Waals surface area contributed by atoms with E-state index in [-0.39, 0.29) is 37.3 Å². The van der Waals surface area contributed by atoms with Crippen molar-refractivity contribution in [2.24, 2.45) is 0 Å². The van der Waals surface area contributed by atoms with Gasteiger partial charge in [0.2, 0.25) is 29.5 Å². The van der Waals surface area contributed by atoms with Crippen LogP contribution in [0.4, 0.5) is 0 Å². The molecular weight excluding hydrogens is 618 g/mol. The van der Waals surface area contributed by atoms with Crippen LogP contribution in [0.25, 0.3) is 0 Å². The van der Waals surface area contributed by atoms with E-state index < -0.39 is 65.8 Å². The van der Waals surface area contributed by atoms with E-state index in [1.807, 2.05) is 30.3 Å². The molecule has 2 fully saturated rings. The lowest BCUT2D eigenvalue weighted by molar-refractivity contribution is -0.142. The molecule has 4 rings (SSSR count). The number of carbonyl (C=O) groups is 6. The zero-order valence-electron chi connectivity index (χ0n) is 27.3. The van der Waals surface area contributed by atoms with Crippen molar-refractivity contribution in [3.63, 3.8) is 0 Å². The molecule has 0 spiro atoms. The molecule has 0 aliphatic carbocycles. The smallest absolute Gasteiger partial charge is 0.253 e. The Balaban J connectivity index is 1.61. The Labute approximate surface area is 279 Å². The summed E-state index contributed by atoms with van der Waals surface area (Å²) in [6.07, 6.45) is 4.00. The van der Waals surface area contributed by atoms with Crippen LogP contribution in [0.2, 0.25) is 0 Å². The monoisotopic (exact) mass is 663 g/mol. The molecule has 1 aromatic carbocycles. The molecule has 2 aliphatic heterocycles. The molecular formula is C34H45N7O7. The summed E-state index contributed by atoms with van der Waals surface area (Å²) in [5, 5.41) is 24.1. The van der Waals surface area contributed by atoms with E-state index in [4.69, 9.17) is 0 Å². The first-order chi connectivity index (χ1) is 23.1. The summed E-state index contributed by atoms with van der Waals surface area (Å²) < 4.78 is 0. The van der Waals surface area contributed by atoms with Gasteiger partial charge in [-0.15, -0.1) is 0 Å². The van der Waals surface area contributed by atoms with E-state index in [1.54, 1.807) is 19.1 Å². The first kappa shape index (κ1) is 36.0. The highest BCUT2D eigenvalue weighted by atomic mass is 16.3. The van der Waals surface area contributed by atoms with Gasteiger partial charge in [0.15, 0.2) is 0 Å². The van der Waals surface area contributed by atoms with E-state index in [0.717, 1.165) is 5.56 Å². The van der Waals surface area contributed by atoms with E-state index in [0.29, 0.717) is 32.2 Å². The maximum absolute atomic E-state index is 14.0. The highest BCUT2D eigenvalue weighted by Crippen LogP contribution is 2.20. The Hall–Kier alpha value is -4.85. The number of aromatic nitrogens is 1. The summed E-state index contributed by atoms with van der Waals surface area (Å²) in [5.74, 6) is -3.40. The second kappa shape index (κ2) is 17.3. The van der Waals surface area contributed by atoms with Crippen molar-refractivity contribution in [3.05, 3.63) is 66.0 Å². The van der Waals surface area contributed by atoms with Gasteiger partial charge in [-0.3, -0.25) is 33.8 Å². The lowest BCUT2D eigenvalue weighted by atomic mass is 10.0. The summed E-state index contributed by atoms with van der Waals surface area (Å²) in [6.45, 7) is 3.62. The third kappa shape index (κ3) is 9.59. The van der Waals surface area contributed by atoms with Crippen molar-refractivity contribution in [1.82, 2.24) is 36.5 Å². The predicted molar refractivity (Wildman–Crippen MR) is 175 cm³/mol. The quantitative estimate of drug-likeness (QED) is 0.247. The number of amides is 6. The number of fused-ring (bicyclic) bond motifs is 1. The van der Waals surface area contributed by atoms with Gasteiger partial charge in [0.05, 0.1) is 11.7 Å². The van der Waals surface area contributed by atoms with Gasteiger partial charge in [0, 0.05) is 31.9 Å². The predicted octanol–water partition coefficient (Wildman–Crippen LogP) is -0.0410. The van der Waals surface area contributed by atoms with E-state index in [1.165, 1.54) is 24.2 Å². The molecule has 6 atom stereocenters. The minimum absolute atomic E-state index is 0.122. The number of aliphatic hydroxyl groups excluding tert-OH is 1. The number of pyridine rings is 1. The maximum Gasteiger partial charge on any atom is 0.253 e. The minimum atomic E-state index is -1.46. The summed E-state index contributed by atoms with van der Waals surface area (Å²) in [6, 6.07) is 6.84. The second-order valence-electron chi connectivity index (χ2n) is 12.2. The Bertz CT molecular complexity index is 1440. The van der Waals surface area contributed by atoms with Crippen LogP contribution in [0.5, 0.6) is 0 Å². The van der Waals surface area contributed by atoms with Gasteiger partial charge >= 0.3 is 0 Å². The lowest BCUT2D eigenvalue weighted by Crippen LogP contribution is -2.61. The van der Waals surface area contributed by atoms with E-state index in [9.17, 15) is 33.9 Å². The average molecular weight is 664 g/mol. The molecule has 258 valence electrons. The fourth-order valence-electron chi connectivity index (χ4n) is 5.91. The third-order valence-electron chi connectivity index (χ3n) is 8.60. The topological polar surface area (TPSA) is 199 Å². The Morgan fingerprint density at radius 1 is 0.917 bits per heavy atom. The molecule has 14 nitrogen and oxygen atoms in total. The number of rotatable bonds is 6. The first-order valence-electron chi connectivity index (χ1n) is 16.5. The van der Waals surface area contributed by atoms with Crippen LogP contribution in [-0.4, -0.2) is 99.8 Å². The molecule has 48 heavy (non-hydrogen) atoms. The molecule has 2 aliphatic rings. The fourth-order valence-corrected chi connectivity index (χ4v) is 5.91. The number of aliphatic hydroxyl groups is 1. The van der Waals surface area contributed by atoms with Crippen LogP contribution in [0, 0.1) is 0 Å².